The topological polar surface area (TPSA) is 72.2 Å². The van der Waals surface area contributed by atoms with Crippen LogP contribution >= 0.6 is 11.3 Å². The van der Waals surface area contributed by atoms with Gasteiger partial charge in [0.05, 0.1) is 22.5 Å². The molecule has 0 aliphatic carbocycles. The summed E-state index contributed by atoms with van der Waals surface area (Å²) in [7, 11) is 0. The highest BCUT2D eigenvalue weighted by Crippen LogP contribution is 2.30. The van der Waals surface area contributed by atoms with Gasteiger partial charge in [-0.15, -0.1) is 11.3 Å². The second-order valence-electron chi connectivity index (χ2n) is 5.65. The molecule has 3 heterocycles. The second kappa shape index (κ2) is 6.89. The van der Waals surface area contributed by atoms with Crippen molar-refractivity contribution in [1.29, 1.82) is 0 Å². The predicted octanol–water partition coefficient (Wildman–Crippen LogP) is 3.55. The summed E-state index contributed by atoms with van der Waals surface area (Å²) < 4.78 is 1.87. The van der Waals surface area contributed by atoms with Gasteiger partial charge in [-0.25, -0.2) is 10.1 Å². The van der Waals surface area contributed by atoms with Crippen molar-refractivity contribution in [3.8, 4) is 5.69 Å². The molecule has 0 bridgehead atoms. The number of aromatic nitrogens is 3. The van der Waals surface area contributed by atoms with Crippen LogP contribution in [-0.2, 0) is 0 Å². The molecule has 0 radical (unpaired) electrons. The number of carbonyl (C=O) groups is 1. The Morgan fingerprint density at radius 3 is 2.85 bits per heavy atom. The van der Waals surface area contributed by atoms with Gasteiger partial charge in [-0.1, -0.05) is 24.3 Å². The maximum Gasteiger partial charge on any atom is 0.281 e. The van der Waals surface area contributed by atoms with Gasteiger partial charge >= 0.3 is 0 Å². The van der Waals surface area contributed by atoms with Gasteiger partial charge in [0.2, 0.25) is 0 Å². The van der Waals surface area contributed by atoms with E-state index < -0.39 is 0 Å². The molecule has 1 amide bonds. The van der Waals surface area contributed by atoms with Gasteiger partial charge in [0.25, 0.3) is 5.91 Å². The Morgan fingerprint density at radius 2 is 2.08 bits per heavy atom. The Hall–Kier alpha value is -3.32. The Kier molecular flexibility index (Phi) is 4.28. The quantitative estimate of drug-likeness (QED) is 0.446. The van der Waals surface area contributed by atoms with Crippen LogP contribution in [0.5, 0.6) is 0 Å². The smallest absolute Gasteiger partial charge is 0.266 e. The van der Waals surface area contributed by atoms with Gasteiger partial charge in [0.1, 0.15) is 4.83 Å². The van der Waals surface area contributed by atoms with Crippen LogP contribution in [0.15, 0.2) is 66.0 Å². The molecule has 6 nitrogen and oxygen atoms in total. The lowest BCUT2D eigenvalue weighted by Crippen LogP contribution is -2.16. The lowest BCUT2D eigenvalue weighted by atomic mass is 10.3. The Balaban J connectivity index is 1.59. The monoisotopic (exact) mass is 361 g/mol. The lowest BCUT2D eigenvalue weighted by Gasteiger charge is -2.01. The number of hydrazone groups is 1. The van der Waals surface area contributed by atoms with Crippen LogP contribution in [0.3, 0.4) is 0 Å². The number of carbonyl (C=O) groups excluding carboxylic acids is 1. The highest BCUT2D eigenvalue weighted by Gasteiger charge is 2.16. The van der Waals surface area contributed by atoms with Gasteiger partial charge < -0.3 is 0 Å². The normalized spacial score (nSPS) is 11.3. The largest absolute Gasteiger partial charge is 0.281 e. The minimum atomic E-state index is -0.245. The highest BCUT2D eigenvalue weighted by atomic mass is 32.1. The minimum Gasteiger partial charge on any atom is -0.266 e. The van der Waals surface area contributed by atoms with Crippen LogP contribution in [0.25, 0.3) is 15.9 Å². The number of benzene rings is 1. The van der Waals surface area contributed by atoms with Gasteiger partial charge in [-0.2, -0.15) is 10.2 Å². The first-order valence-corrected chi connectivity index (χ1v) is 8.82. The molecule has 0 aliphatic heterocycles. The van der Waals surface area contributed by atoms with Crippen molar-refractivity contribution in [3.05, 3.63) is 77.1 Å². The molecule has 0 fully saturated rings. The van der Waals surface area contributed by atoms with Crippen LogP contribution in [0.2, 0.25) is 0 Å². The molecule has 4 aromatic rings. The van der Waals surface area contributed by atoms with Crippen LogP contribution in [0.1, 0.15) is 20.9 Å². The lowest BCUT2D eigenvalue weighted by molar-refractivity contribution is 0.0959. The summed E-state index contributed by atoms with van der Waals surface area (Å²) in [6.45, 7) is 1.94. The van der Waals surface area contributed by atoms with Gasteiger partial charge in [0.15, 0.2) is 0 Å². The summed E-state index contributed by atoms with van der Waals surface area (Å²) in [6.07, 6.45) is 4.92. The van der Waals surface area contributed by atoms with Crippen molar-refractivity contribution >= 4 is 33.7 Å². The highest BCUT2D eigenvalue weighted by molar-refractivity contribution is 7.20. The van der Waals surface area contributed by atoms with Crippen molar-refractivity contribution in [2.75, 3.05) is 0 Å². The summed E-state index contributed by atoms with van der Waals surface area (Å²) in [4.78, 5) is 17.9. The average Bonchev–Trinajstić information content (AvgIpc) is 3.24. The Labute approximate surface area is 153 Å². The maximum absolute atomic E-state index is 12.4. The number of hydrogen-bond donors (Lipinski definition) is 1. The van der Waals surface area contributed by atoms with E-state index in [0.29, 0.717) is 4.88 Å². The molecule has 1 N–H and O–H groups in total. The first-order valence-electron chi connectivity index (χ1n) is 8.00. The fourth-order valence-electron chi connectivity index (χ4n) is 2.58. The molecule has 1 aromatic carbocycles. The molecular formula is C19H15N5OS. The summed E-state index contributed by atoms with van der Waals surface area (Å²) in [5, 5.41) is 9.55. The van der Waals surface area contributed by atoms with Crippen LogP contribution < -0.4 is 5.43 Å². The Morgan fingerprint density at radius 1 is 1.23 bits per heavy atom. The van der Waals surface area contributed by atoms with Crippen molar-refractivity contribution < 1.29 is 4.79 Å². The number of aryl methyl sites for hydroxylation is 1. The zero-order valence-corrected chi connectivity index (χ0v) is 14.8. The van der Waals surface area contributed by atoms with Crippen molar-refractivity contribution in [2.24, 2.45) is 5.10 Å². The standard InChI is InChI=1S/C19H15N5OS/c1-13-16-10-17(18(25)22-21-12-14-6-5-9-20-11-14)26-19(16)24(23-13)15-7-3-2-4-8-15/h2-12H,1H3,(H,22,25)/b21-12-. The van der Waals surface area contributed by atoms with E-state index in [1.165, 1.54) is 11.3 Å². The van der Waals surface area contributed by atoms with E-state index in [4.69, 9.17) is 0 Å². The summed E-state index contributed by atoms with van der Waals surface area (Å²) in [6, 6.07) is 15.4. The summed E-state index contributed by atoms with van der Waals surface area (Å²) in [5.74, 6) is -0.245. The fraction of sp³-hybridized carbons (Fsp3) is 0.0526. The number of amides is 1. The van der Waals surface area contributed by atoms with Gasteiger partial charge in [-0.3, -0.25) is 9.78 Å². The van der Waals surface area contributed by atoms with E-state index in [1.54, 1.807) is 18.6 Å². The minimum absolute atomic E-state index is 0.245. The maximum atomic E-state index is 12.4. The number of hydrogen-bond acceptors (Lipinski definition) is 5. The number of nitrogens with one attached hydrogen (secondary N) is 1. The predicted molar refractivity (Wildman–Crippen MR) is 103 cm³/mol. The Bertz CT molecular complexity index is 1080. The molecule has 0 saturated heterocycles. The van der Waals surface area contributed by atoms with Crippen LogP contribution in [0, 0.1) is 6.92 Å². The molecule has 0 saturated carbocycles. The molecular weight excluding hydrogens is 346 g/mol. The molecule has 0 unspecified atom stereocenters. The summed E-state index contributed by atoms with van der Waals surface area (Å²) >= 11 is 1.40. The first kappa shape index (κ1) is 16.2. The number of rotatable bonds is 4. The van der Waals surface area contributed by atoms with Crippen molar-refractivity contribution in [3.63, 3.8) is 0 Å². The number of fused-ring (bicyclic) bond motifs is 1. The third-order valence-corrected chi connectivity index (χ3v) is 4.94. The van der Waals surface area contributed by atoms with Crippen LogP contribution in [0.4, 0.5) is 0 Å². The number of thiophene rings is 1. The molecule has 4 rings (SSSR count). The first-order chi connectivity index (χ1) is 12.7. The van der Waals surface area contributed by atoms with Gasteiger partial charge in [0, 0.05) is 23.3 Å². The van der Waals surface area contributed by atoms with E-state index >= 15 is 0 Å². The summed E-state index contributed by atoms with van der Waals surface area (Å²) in [5.41, 5.74) is 5.23. The van der Waals surface area contributed by atoms with Crippen molar-refractivity contribution in [1.82, 2.24) is 20.2 Å². The van der Waals surface area contributed by atoms with E-state index in [1.807, 2.05) is 60.1 Å². The zero-order chi connectivity index (χ0) is 17.9. The molecule has 3 aromatic heterocycles. The number of pyridine rings is 1. The van der Waals surface area contributed by atoms with Crippen molar-refractivity contribution in [2.45, 2.75) is 6.92 Å². The SMILES string of the molecule is Cc1nn(-c2ccccc2)c2sc(C(=O)N/N=C\c3cccnc3)cc12. The number of para-hydroxylation sites is 1. The number of nitrogens with zero attached hydrogens (tertiary/aromatic N) is 4. The van der Waals surface area contributed by atoms with E-state index in [0.717, 1.165) is 27.2 Å². The third-order valence-electron chi connectivity index (χ3n) is 3.83. The third kappa shape index (κ3) is 3.12. The fourth-order valence-corrected chi connectivity index (χ4v) is 3.65. The molecule has 0 aliphatic rings. The second-order valence-corrected chi connectivity index (χ2v) is 6.68. The van der Waals surface area contributed by atoms with E-state index in [9.17, 15) is 4.79 Å². The molecule has 0 atom stereocenters. The van der Waals surface area contributed by atoms with Gasteiger partial charge in [-0.05, 0) is 31.2 Å². The zero-order valence-electron chi connectivity index (χ0n) is 14.0. The van der Waals surface area contributed by atoms with E-state index in [-0.39, 0.29) is 5.91 Å². The van der Waals surface area contributed by atoms with Crippen LogP contribution in [-0.4, -0.2) is 26.9 Å². The molecule has 26 heavy (non-hydrogen) atoms. The molecule has 128 valence electrons. The molecule has 0 spiro atoms. The van der Waals surface area contributed by atoms with E-state index in [2.05, 4.69) is 20.6 Å². The average molecular weight is 361 g/mol. The molecule has 7 heteroatoms.